The predicted molar refractivity (Wildman–Crippen MR) is 38.1 cm³/mol. The highest BCUT2D eigenvalue weighted by Crippen LogP contribution is 2.54. The van der Waals surface area contributed by atoms with E-state index >= 15 is 0 Å². The minimum absolute atomic E-state index is 0.110. The number of amides is 1. The molecule has 2 bridgehead atoms. The Morgan fingerprint density at radius 3 is 2.40 bits per heavy atom. The number of fused-ring (bicyclic) bond motifs is 1. The molecule has 3 saturated carbocycles. The lowest BCUT2D eigenvalue weighted by molar-refractivity contribution is -0.120. The number of hydrogen-bond donors (Lipinski definition) is 1. The Bertz CT molecular complexity index is 153. The van der Waals surface area contributed by atoms with Crippen molar-refractivity contribution in [3.05, 3.63) is 0 Å². The number of nitrogens with two attached hydrogens (primary N) is 1. The lowest BCUT2D eigenvalue weighted by Crippen LogP contribution is -2.31. The van der Waals surface area contributed by atoms with Crippen LogP contribution in [-0.2, 0) is 4.79 Å². The summed E-state index contributed by atoms with van der Waals surface area (Å²) in [5.74, 6) is 2.29. The van der Waals surface area contributed by atoms with Gasteiger partial charge in [0.25, 0.3) is 0 Å². The molecule has 2 heteroatoms. The molecule has 0 aromatic heterocycles. The highest BCUT2D eigenvalue weighted by Gasteiger charge is 2.46. The molecule has 0 spiro atoms. The van der Waals surface area contributed by atoms with Gasteiger partial charge in [-0.1, -0.05) is 0 Å². The second-order valence-electron chi connectivity index (χ2n) is 3.67. The van der Waals surface area contributed by atoms with Crippen LogP contribution in [0.5, 0.6) is 0 Å². The van der Waals surface area contributed by atoms with E-state index in [4.69, 9.17) is 5.73 Å². The highest BCUT2D eigenvalue weighted by atomic mass is 16.1. The highest BCUT2D eigenvalue weighted by molar-refractivity contribution is 5.74. The van der Waals surface area contributed by atoms with Gasteiger partial charge >= 0.3 is 0 Å². The summed E-state index contributed by atoms with van der Waals surface area (Å²) in [6, 6.07) is 0. The zero-order valence-electron chi connectivity index (χ0n) is 6.05. The molecule has 2 unspecified atom stereocenters. The standard InChI is InChI=1S/C8H13NO/c9-8(10)4-7-5-1-2-6(7)3-5/h5-7H,1-4H2,(H2,9,10). The van der Waals surface area contributed by atoms with E-state index in [0.717, 1.165) is 11.8 Å². The van der Waals surface area contributed by atoms with Gasteiger partial charge in [-0.25, -0.2) is 0 Å². The maximum Gasteiger partial charge on any atom is 0.217 e. The van der Waals surface area contributed by atoms with Gasteiger partial charge in [0.1, 0.15) is 0 Å². The summed E-state index contributed by atoms with van der Waals surface area (Å²) in [5, 5.41) is 0. The molecule has 0 saturated heterocycles. The molecule has 0 radical (unpaired) electrons. The topological polar surface area (TPSA) is 43.1 Å². The third-order valence-electron chi connectivity index (χ3n) is 3.16. The third-order valence-corrected chi connectivity index (χ3v) is 3.16. The Balaban J connectivity index is 1.91. The maximum atomic E-state index is 10.5. The van der Waals surface area contributed by atoms with Crippen LogP contribution in [0.15, 0.2) is 0 Å². The van der Waals surface area contributed by atoms with Crippen molar-refractivity contribution in [1.29, 1.82) is 0 Å². The number of carbonyl (C=O) groups is 1. The molecule has 56 valence electrons. The summed E-state index contributed by atoms with van der Waals surface area (Å²) in [4.78, 5) is 10.5. The fourth-order valence-corrected chi connectivity index (χ4v) is 2.59. The molecule has 0 aromatic carbocycles. The Kier molecular flexibility index (Phi) is 1.22. The lowest BCUT2D eigenvalue weighted by atomic mass is 9.70. The first-order chi connectivity index (χ1) is 4.77. The molecular weight excluding hydrogens is 126 g/mol. The van der Waals surface area contributed by atoms with Crippen molar-refractivity contribution < 1.29 is 4.79 Å². The van der Waals surface area contributed by atoms with Crippen molar-refractivity contribution in [2.75, 3.05) is 0 Å². The quantitative estimate of drug-likeness (QED) is 0.607. The first-order valence-electron chi connectivity index (χ1n) is 4.05. The third kappa shape index (κ3) is 0.746. The van der Waals surface area contributed by atoms with E-state index < -0.39 is 0 Å². The van der Waals surface area contributed by atoms with Crippen LogP contribution in [-0.4, -0.2) is 5.91 Å². The molecule has 0 aromatic rings. The van der Waals surface area contributed by atoms with E-state index in [1.807, 2.05) is 0 Å². The second kappa shape index (κ2) is 1.97. The minimum atomic E-state index is -0.110. The smallest absolute Gasteiger partial charge is 0.217 e. The monoisotopic (exact) mass is 139 g/mol. The van der Waals surface area contributed by atoms with Crippen molar-refractivity contribution in [1.82, 2.24) is 0 Å². The van der Waals surface area contributed by atoms with Crippen LogP contribution in [0.1, 0.15) is 25.7 Å². The first-order valence-corrected chi connectivity index (χ1v) is 4.05. The van der Waals surface area contributed by atoms with E-state index in [1.54, 1.807) is 0 Å². The average Bonchev–Trinajstić information content (AvgIpc) is 2.39. The minimum Gasteiger partial charge on any atom is -0.370 e. The van der Waals surface area contributed by atoms with Gasteiger partial charge in [-0.15, -0.1) is 0 Å². The van der Waals surface area contributed by atoms with Gasteiger partial charge < -0.3 is 5.73 Å². The van der Waals surface area contributed by atoms with Gasteiger partial charge in [0.15, 0.2) is 0 Å². The van der Waals surface area contributed by atoms with Crippen LogP contribution in [0.25, 0.3) is 0 Å². The molecule has 1 amide bonds. The Labute approximate surface area is 60.8 Å². The van der Waals surface area contributed by atoms with Gasteiger partial charge in [0.2, 0.25) is 5.91 Å². The molecule has 2 N–H and O–H groups in total. The van der Waals surface area contributed by atoms with Crippen molar-refractivity contribution in [2.45, 2.75) is 25.7 Å². The predicted octanol–water partition coefficient (Wildman–Crippen LogP) is 0.908. The van der Waals surface area contributed by atoms with Crippen LogP contribution in [0, 0.1) is 17.8 Å². The molecule has 3 aliphatic rings. The van der Waals surface area contributed by atoms with Crippen LogP contribution >= 0.6 is 0 Å². The zero-order valence-corrected chi connectivity index (χ0v) is 6.05. The number of carbonyl (C=O) groups excluding carboxylic acids is 1. The van der Waals surface area contributed by atoms with Gasteiger partial charge in [-0.2, -0.15) is 0 Å². The molecule has 3 fully saturated rings. The van der Waals surface area contributed by atoms with Crippen LogP contribution < -0.4 is 5.73 Å². The summed E-state index contributed by atoms with van der Waals surface area (Å²) < 4.78 is 0. The van der Waals surface area contributed by atoms with E-state index in [1.165, 1.54) is 19.3 Å². The van der Waals surface area contributed by atoms with Crippen molar-refractivity contribution in [3.8, 4) is 0 Å². The summed E-state index contributed by atoms with van der Waals surface area (Å²) >= 11 is 0. The average molecular weight is 139 g/mol. The molecular formula is C8H13NO. The van der Waals surface area contributed by atoms with Gasteiger partial charge in [-0.3, -0.25) is 4.79 Å². The molecule has 3 rings (SSSR count). The molecule has 2 atom stereocenters. The lowest BCUT2D eigenvalue weighted by Gasteiger charge is -2.34. The van der Waals surface area contributed by atoms with E-state index in [9.17, 15) is 4.79 Å². The normalized spacial score (nSPS) is 43.0. The Morgan fingerprint density at radius 1 is 1.40 bits per heavy atom. The maximum absolute atomic E-state index is 10.5. The molecule has 3 aliphatic carbocycles. The largest absolute Gasteiger partial charge is 0.370 e. The molecule has 0 aliphatic heterocycles. The zero-order chi connectivity index (χ0) is 7.14. The van der Waals surface area contributed by atoms with Crippen molar-refractivity contribution in [2.24, 2.45) is 23.5 Å². The van der Waals surface area contributed by atoms with Crippen LogP contribution in [0.2, 0.25) is 0 Å². The summed E-state index contributed by atoms with van der Waals surface area (Å²) in [6.07, 6.45) is 4.72. The molecule has 10 heavy (non-hydrogen) atoms. The summed E-state index contributed by atoms with van der Waals surface area (Å²) in [5.41, 5.74) is 5.12. The number of primary amides is 1. The number of hydrogen-bond acceptors (Lipinski definition) is 1. The van der Waals surface area contributed by atoms with E-state index in [2.05, 4.69) is 0 Å². The Morgan fingerprint density at radius 2 is 2.00 bits per heavy atom. The van der Waals surface area contributed by atoms with Crippen LogP contribution in [0.3, 0.4) is 0 Å². The fraction of sp³-hybridized carbons (Fsp3) is 0.875. The molecule has 0 heterocycles. The van der Waals surface area contributed by atoms with Gasteiger partial charge in [0.05, 0.1) is 0 Å². The van der Waals surface area contributed by atoms with E-state index in [0.29, 0.717) is 12.3 Å². The van der Waals surface area contributed by atoms with E-state index in [-0.39, 0.29) is 5.91 Å². The summed E-state index contributed by atoms with van der Waals surface area (Å²) in [7, 11) is 0. The van der Waals surface area contributed by atoms with Crippen LogP contribution in [0.4, 0.5) is 0 Å². The van der Waals surface area contributed by atoms with Gasteiger partial charge in [0, 0.05) is 6.42 Å². The summed E-state index contributed by atoms with van der Waals surface area (Å²) in [6.45, 7) is 0. The fourth-order valence-electron chi connectivity index (χ4n) is 2.59. The molecule has 2 nitrogen and oxygen atoms in total. The number of rotatable bonds is 2. The second-order valence-corrected chi connectivity index (χ2v) is 3.67. The van der Waals surface area contributed by atoms with Gasteiger partial charge in [-0.05, 0) is 37.0 Å². The van der Waals surface area contributed by atoms with Crippen molar-refractivity contribution >= 4 is 5.91 Å². The Hall–Kier alpha value is -0.530. The SMILES string of the molecule is NC(=O)CC1C2CCC1C2. The van der Waals surface area contributed by atoms with Crippen molar-refractivity contribution in [3.63, 3.8) is 0 Å². The first kappa shape index (κ1) is 6.20.